The van der Waals surface area contributed by atoms with Crippen molar-refractivity contribution in [1.82, 2.24) is 21.3 Å². The highest BCUT2D eigenvalue weighted by molar-refractivity contribution is 5.97. The fraction of sp³-hybridized carbons (Fsp3) is 0.806. The van der Waals surface area contributed by atoms with Crippen molar-refractivity contribution in [1.29, 1.82) is 0 Å². The maximum absolute atomic E-state index is 14.0. The minimum atomic E-state index is -1.62. The second-order valence-corrected chi connectivity index (χ2v) is 16.4. The first-order valence-corrected chi connectivity index (χ1v) is 17.8. The topological polar surface area (TPSA) is 242 Å². The number of esters is 2. The summed E-state index contributed by atoms with van der Waals surface area (Å²) in [5.74, 6) is -7.04. The lowest BCUT2D eigenvalue weighted by molar-refractivity contribution is -0.157. The van der Waals surface area contributed by atoms with Gasteiger partial charge >= 0.3 is 17.9 Å². The van der Waals surface area contributed by atoms with Gasteiger partial charge in [-0.2, -0.15) is 0 Å². The molecule has 300 valence electrons. The maximum Gasteiger partial charge on any atom is 0.326 e. The summed E-state index contributed by atoms with van der Waals surface area (Å²) in [6.45, 7) is 23.3. The van der Waals surface area contributed by atoms with Gasteiger partial charge in [0.25, 0.3) is 0 Å². The highest BCUT2D eigenvalue weighted by atomic mass is 16.6. The van der Waals surface area contributed by atoms with Crippen LogP contribution < -0.4 is 27.0 Å². The van der Waals surface area contributed by atoms with Crippen molar-refractivity contribution >= 4 is 41.5 Å². The molecule has 0 saturated carbocycles. The van der Waals surface area contributed by atoms with E-state index in [2.05, 4.69) is 21.3 Å². The van der Waals surface area contributed by atoms with Gasteiger partial charge in [-0.25, -0.2) is 4.79 Å². The summed E-state index contributed by atoms with van der Waals surface area (Å²) in [6, 6.07) is -6.82. The van der Waals surface area contributed by atoms with Crippen molar-refractivity contribution in [2.75, 3.05) is 0 Å². The molecule has 0 aliphatic carbocycles. The molecule has 16 heteroatoms. The number of nitrogens with two attached hydrogens (primary N) is 1. The Hall–Kier alpha value is -3.79. The molecule has 7 atom stereocenters. The molecule has 0 aromatic rings. The van der Waals surface area contributed by atoms with Crippen LogP contribution in [0, 0.1) is 11.8 Å². The normalized spacial score (nSPS) is 16.2. The fourth-order valence-electron chi connectivity index (χ4n) is 4.77. The van der Waals surface area contributed by atoms with E-state index < -0.39 is 107 Å². The first-order valence-electron chi connectivity index (χ1n) is 17.8. The molecular weight excluding hydrogens is 678 g/mol. The average molecular weight is 744 g/mol. The van der Waals surface area contributed by atoms with Gasteiger partial charge in [0.05, 0.1) is 24.2 Å². The van der Waals surface area contributed by atoms with Gasteiger partial charge in [-0.05, 0) is 87.5 Å². The van der Waals surface area contributed by atoms with Gasteiger partial charge in [-0.3, -0.25) is 28.8 Å². The molecule has 0 heterocycles. The Morgan fingerprint density at radius 1 is 0.635 bits per heavy atom. The van der Waals surface area contributed by atoms with Crippen LogP contribution in [0.4, 0.5) is 0 Å². The zero-order valence-electron chi connectivity index (χ0n) is 33.6. The number of carbonyl (C=O) groups is 7. The molecule has 0 bridgehead atoms. The average Bonchev–Trinajstić information content (AvgIpc) is 2.95. The van der Waals surface area contributed by atoms with E-state index in [-0.39, 0.29) is 18.8 Å². The minimum absolute atomic E-state index is 0.210. The molecule has 0 aliphatic rings. The van der Waals surface area contributed by atoms with Crippen LogP contribution in [0.3, 0.4) is 0 Å². The molecule has 0 aliphatic heterocycles. The van der Waals surface area contributed by atoms with E-state index in [0.29, 0.717) is 6.42 Å². The van der Waals surface area contributed by atoms with Crippen LogP contribution >= 0.6 is 0 Å². The lowest BCUT2D eigenvalue weighted by Gasteiger charge is -2.33. The number of ether oxygens (including phenoxy) is 3. The van der Waals surface area contributed by atoms with Crippen LogP contribution in [0.25, 0.3) is 0 Å². The molecule has 0 rings (SSSR count). The summed E-state index contributed by atoms with van der Waals surface area (Å²) in [5, 5.41) is 19.7. The minimum Gasteiger partial charge on any atom is -0.480 e. The number of nitrogens with one attached hydrogen (secondary N) is 4. The standard InChI is InChI=1S/C36H65N5O11/c1-15-20(4)26(37)31(46)38-22(16-17-24(42)51-35(9,10)11)29(44)41-28(21(5)50-34(6,7)8)32(47)39-23(18-25(43)52-36(12,13)14)30(45)40-27(19(2)3)33(48)49/h19-23,26-28H,15-18,37H2,1-14H3,(H,38,46)(H,39,47)(H,40,45)(H,41,44)(H,48,49)/t20-,21+,22-,23-,26-,27-,28-/m0/s1. The summed E-state index contributed by atoms with van der Waals surface area (Å²) in [4.78, 5) is 91.8. The molecule has 52 heavy (non-hydrogen) atoms. The molecule has 7 N–H and O–H groups in total. The SMILES string of the molecule is CC[C@H](C)[C@H](N)C(=O)N[C@@H](CCC(=O)OC(C)(C)C)C(=O)N[C@H](C(=O)N[C@@H](CC(=O)OC(C)(C)C)C(=O)N[C@H](C(=O)O)C(C)C)[C@@H](C)OC(C)(C)C. The van der Waals surface area contributed by atoms with Crippen LogP contribution in [0.1, 0.15) is 123 Å². The number of hydrogen-bond acceptors (Lipinski definition) is 11. The van der Waals surface area contributed by atoms with Crippen LogP contribution in [-0.2, 0) is 47.8 Å². The second kappa shape index (κ2) is 20.5. The number of carboxylic acids is 1. The molecule has 0 spiro atoms. The van der Waals surface area contributed by atoms with E-state index in [1.54, 1.807) is 83.1 Å². The molecule has 0 aromatic carbocycles. The number of aliphatic carboxylic acids is 1. The zero-order valence-corrected chi connectivity index (χ0v) is 33.6. The summed E-state index contributed by atoms with van der Waals surface area (Å²) >= 11 is 0. The quantitative estimate of drug-likeness (QED) is 0.104. The third-order valence-corrected chi connectivity index (χ3v) is 7.49. The number of amides is 4. The Morgan fingerprint density at radius 2 is 1.10 bits per heavy atom. The van der Waals surface area contributed by atoms with Gasteiger partial charge in [0, 0.05) is 6.42 Å². The molecule has 0 unspecified atom stereocenters. The van der Waals surface area contributed by atoms with E-state index in [1.807, 2.05) is 6.92 Å². The molecule has 4 amide bonds. The van der Waals surface area contributed by atoms with E-state index in [4.69, 9.17) is 19.9 Å². The Balaban J connectivity index is 6.73. The molecule has 0 radical (unpaired) electrons. The predicted octanol–water partition coefficient (Wildman–Crippen LogP) is 2.10. The molecule has 16 nitrogen and oxygen atoms in total. The maximum atomic E-state index is 14.0. The highest BCUT2D eigenvalue weighted by Gasteiger charge is 2.38. The Labute approximate surface area is 308 Å². The molecule has 0 saturated heterocycles. The van der Waals surface area contributed by atoms with Crippen molar-refractivity contribution in [3.8, 4) is 0 Å². The summed E-state index contributed by atoms with van der Waals surface area (Å²) in [5.41, 5.74) is 3.56. The van der Waals surface area contributed by atoms with Gasteiger partial charge in [0.2, 0.25) is 23.6 Å². The van der Waals surface area contributed by atoms with Crippen molar-refractivity contribution in [2.24, 2.45) is 17.6 Å². The lowest BCUT2D eigenvalue weighted by Crippen LogP contribution is -2.62. The van der Waals surface area contributed by atoms with Crippen molar-refractivity contribution in [3.05, 3.63) is 0 Å². The first-order chi connectivity index (χ1) is 23.5. The van der Waals surface area contributed by atoms with Crippen molar-refractivity contribution in [3.63, 3.8) is 0 Å². The molecule has 0 aromatic heterocycles. The van der Waals surface area contributed by atoms with Gasteiger partial charge in [0.15, 0.2) is 0 Å². The van der Waals surface area contributed by atoms with Gasteiger partial charge < -0.3 is 46.3 Å². The van der Waals surface area contributed by atoms with E-state index >= 15 is 0 Å². The smallest absolute Gasteiger partial charge is 0.326 e. The van der Waals surface area contributed by atoms with Gasteiger partial charge in [-0.15, -0.1) is 0 Å². The Bertz CT molecular complexity index is 1250. The summed E-state index contributed by atoms with van der Waals surface area (Å²) in [7, 11) is 0. The van der Waals surface area contributed by atoms with Crippen LogP contribution in [0.15, 0.2) is 0 Å². The van der Waals surface area contributed by atoms with Gasteiger partial charge in [0.1, 0.15) is 35.4 Å². The Morgan fingerprint density at radius 3 is 1.54 bits per heavy atom. The second-order valence-electron chi connectivity index (χ2n) is 16.4. The lowest BCUT2D eigenvalue weighted by atomic mass is 9.98. The number of carboxylic acid groups (broad SMARTS) is 1. The van der Waals surface area contributed by atoms with E-state index in [1.165, 1.54) is 6.92 Å². The number of carbonyl (C=O) groups excluding carboxylic acids is 6. The summed E-state index contributed by atoms with van der Waals surface area (Å²) in [6.07, 6.45) is -1.62. The van der Waals surface area contributed by atoms with Crippen molar-refractivity contribution < 1.29 is 52.9 Å². The summed E-state index contributed by atoms with van der Waals surface area (Å²) < 4.78 is 16.7. The molecular formula is C36H65N5O11. The zero-order chi connectivity index (χ0) is 40.9. The van der Waals surface area contributed by atoms with E-state index in [0.717, 1.165) is 0 Å². The largest absolute Gasteiger partial charge is 0.480 e. The first kappa shape index (κ1) is 48.2. The molecule has 0 fully saturated rings. The fourth-order valence-corrected chi connectivity index (χ4v) is 4.77. The Kier molecular flexibility index (Phi) is 19.0. The van der Waals surface area contributed by atoms with Crippen LogP contribution in [-0.4, -0.2) is 99.8 Å². The monoisotopic (exact) mass is 743 g/mol. The third kappa shape index (κ3) is 19.2. The third-order valence-electron chi connectivity index (χ3n) is 7.49. The highest BCUT2D eigenvalue weighted by Crippen LogP contribution is 2.16. The predicted molar refractivity (Wildman–Crippen MR) is 193 cm³/mol. The van der Waals surface area contributed by atoms with Crippen LogP contribution in [0.5, 0.6) is 0 Å². The number of hydrogen-bond donors (Lipinski definition) is 6. The van der Waals surface area contributed by atoms with Crippen molar-refractivity contribution in [2.45, 2.75) is 176 Å². The number of rotatable bonds is 19. The van der Waals surface area contributed by atoms with E-state index in [9.17, 15) is 38.7 Å². The van der Waals surface area contributed by atoms with Gasteiger partial charge in [-0.1, -0.05) is 34.1 Å². The van der Waals surface area contributed by atoms with Crippen LogP contribution in [0.2, 0.25) is 0 Å².